The Balaban J connectivity index is 2.44. The molecule has 1 saturated heterocycles. The lowest BCUT2D eigenvalue weighted by Crippen LogP contribution is -2.48. The van der Waals surface area contributed by atoms with Gasteiger partial charge in [-0.25, -0.2) is 0 Å². The molecular weight excluding hydrogens is 204 g/mol. The molecule has 2 unspecified atom stereocenters. The topological polar surface area (TPSA) is 43.8 Å². The number of piperidine rings is 1. The van der Waals surface area contributed by atoms with E-state index in [0.717, 1.165) is 25.9 Å². The summed E-state index contributed by atoms with van der Waals surface area (Å²) in [5.74, 6) is 0.563. The number of carbonyl (C=O) groups excluding carboxylic acids is 1. The quantitative estimate of drug-likeness (QED) is 0.767. The first-order valence-electron chi connectivity index (χ1n) is 6.06. The maximum Gasteiger partial charge on any atom is 0.239 e. The van der Waals surface area contributed by atoms with E-state index in [0.29, 0.717) is 5.92 Å². The fourth-order valence-corrected chi connectivity index (χ4v) is 2.32. The van der Waals surface area contributed by atoms with Gasteiger partial charge in [-0.1, -0.05) is 0 Å². The summed E-state index contributed by atoms with van der Waals surface area (Å²) in [5, 5.41) is 9.51. The third-order valence-corrected chi connectivity index (χ3v) is 3.60. The van der Waals surface area contributed by atoms with Crippen LogP contribution in [0.25, 0.3) is 0 Å². The SMILES string of the molecule is CC(O)C1CCN(C(C)C(=O)N(C)C)CC1. The van der Waals surface area contributed by atoms with Crippen molar-refractivity contribution in [3.63, 3.8) is 0 Å². The molecule has 0 aromatic heterocycles. The highest BCUT2D eigenvalue weighted by Gasteiger charge is 2.28. The molecule has 4 heteroatoms. The highest BCUT2D eigenvalue weighted by molar-refractivity contribution is 5.80. The van der Waals surface area contributed by atoms with Crippen molar-refractivity contribution in [1.82, 2.24) is 9.80 Å². The van der Waals surface area contributed by atoms with Gasteiger partial charge in [-0.3, -0.25) is 9.69 Å². The summed E-state index contributed by atoms with van der Waals surface area (Å²) < 4.78 is 0. The molecule has 0 aromatic rings. The average Bonchev–Trinajstić information content (AvgIpc) is 2.27. The Morgan fingerprint density at radius 2 is 1.81 bits per heavy atom. The van der Waals surface area contributed by atoms with Crippen molar-refractivity contribution >= 4 is 5.91 Å². The Kier molecular flexibility index (Phi) is 4.74. The fourth-order valence-electron chi connectivity index (χ4n) is 2.32. The van der Waals surface area contributed by atoms with Crippen LogP contribution in [0.1, 0.15) is 26.7 Å². The molecular formula is C12H24N2O2. The second-order valence-corrected chi connectivity index (χ2v) is 5.02. The zero-order valence-electron chi connectivity index (χ0n) is 10.8. The highest BCUT2D eigenvalue weighted by Crippen LogP contribution is 2.22. The van der Waals surface area contributed by atoms with E-state index in [4.69, 9.17) is 0 Å². The summed E-state index contributed by atoms with van der Waals surface area (Å²) in [7, 11) is 3.59. The highest BCUT2D eigenvalue weighted by atomic mass is 16.3. The van der Waals surface area contributed by atoms with E-state index in [1.807, 2.05) is 13.8 Å². The van der Waals surface area contributed by atoms with Crippen LogP contribution in [-0.4, -0.2) is 60.1 Å². The van der Waals surface area contributed by atoms with E-state index in [9.17, 15) is 9.90 Å². The molecule has 0 saturated carbocycles. The van der Waals surface area contributed by atoms with Crippen LogP contribution in [0.2, 0.25) is 0 Å². The van der Waals surface area contributed by atoms with E-state index < -0.39 is 0 Å². The molecule has 4 nitrogen and oxygen atoms in total. The maximum absolute atomic E-state index is 11.8. The van der Waals surface area contributed by atoms with Crippen molar-refractivity contribution in [3.8, 4) is 0 Å². The number of amides is 1. The predicted octanol–water partition coefficient (Wildman–Crippen LogP) is 0.556. The molecule has 2 atom stereocenters. The molecule has 1 aliphatic heterocycles. The van der Waals surface area contributed by atoms with Crippen molar-refractivity contribution in [3.05, 3.63) is 0 Å². The minimum absolute atomic E-state index is 0.0371. The van der Waals surface area contributed by atoms with Gasteiger partial charge in [-0.05, 0) is 45.7 Å². The van der Waals surface area contributed by atoms with Crippen LogP contribution in [0.5, 0.6) is 0 Å². The van der Waals surface area contributed by atoms with Crippen LogP contribution >= 0.6 is 0 Å². The van der Waals surface area contributed by atoms with Gasteiger partial charge in [-0.15, -0.1) is 0 Å². The lowest BCUT2D eigenvalue weighted by atomic mass is 9.91. The molecule has 1 aliphatic rings. The summed E-state index contributed by atoms with van der Waals surface area (Å²) in [6.45, 7) is 5.65. The summed E-state index contributed by atoms with van der Waals surface area (Å²) >= 11 is 0. The van der Waals surface area contributed by atoms with Crippen molar-refractivity contribution in [1.29, 1.82) is 0 Å². The third kappa shape index (κ3) is 3.19. The van der Waals surface area contributed by atoms with E-state index in [2.05, 4.69) is 4.90 Å². The van der Waals surface area contributed by atoms with Crippen LogP contribution in [0.15, 0.2) is 0 Å². The van der Waals surface area contributed by atoms with Gasteiger partial charge in [-0.2, -0.15) is 0 Å². The van der Waals surface area contributed by atoms with Gasteiger partial charge in [0.1, 0.15) is 0 Å². The first-order chi connectivity index (χ1) is 7.43. The second kappa shape index (κ2) is 5.64. The Hall–Kier alpha value is -0.610. The molecule has 1 fully saturated rings. The molecule has 0 aromatic carbocycles. The summed E-state index contributed by atoms with van der Waals surface area (Å²) in [6, 6.07) is -0.0371. The Morgan fingerprint density at radius 3 is 2.19 bits per heavy atom. The summed E-state index contributed by atoms with van der Waals surface area (Å²) in [4.78, 5) is 15.6. The Bertz CT molecular complexity index is 233. The molecule has 0 spiro atoms. The standard InChI is InChI=1S/C12H24N2O2/c1-9(12(16)13(3)4)14-7-5-11(6-8-14)10(2)15/h9-11,15H,5-8H2,1-4H3. The number of aliphatic hydroxyl groups excluding tert-OH is 1. The molecule has 1 N–H and O–H groups in total. The molecule has 0 aliphatic carbocycles. The monoisotopic (exact) mass is 228 g/mol. The zero-order chi connectivity index (χ0) is 12.3. The number of likely N-dealkylation sites (N-methyl/N-ethyl adjacent to an activating group) is 1. The van der Waals surface area contributed by atoms with E-state index in [1.165, 1.54) is 0 Å². The normalized spacial score (nSPS) is 22.8. The number of nitrogens with zero attached hydrogens (tertiary/aromatic N) is 2. The molecule has 0 radical (unpaired) electrons. The van der Waals surface area contributed by atoms with Crippen LogP contribution in [0.4, 0.5) is 0 Å². The van der Waals surface area contributed by atoms with E-state index in [-0.39, 0.29) is 18.1 Å². The molecule has 1 heterocycles. The van der Waals surface area contributed by atoms with Crippen LogP contribution in [0.3, 0.4) is 0 Å². The zero-order valence-corrected chi connectivity index (χ0v) is 10.8. The third-order valence-electron chi connectivity index (χ3n) is 3.60. The number of rotatable bonds is 3. The summed E-state index contributed by atoms with van der Waals surface area (Å²) in [6.07, 6.45) is 1.76. The fraction of sp³-hybridized carbons (Fsp3) is 0.917. The lowest BCUT2D eigenvalue weighted by Gasteiger charge is -2.37. The first kappa shape index (κ1) is 13.5. The molecule has 1 amide bonds. The van der Waals surface area contributed by atoms with Crippen molar-refractivity contribution in [2.24, 2.45) is 5.92 Å². The van der Waals surface area contributed by atoms with Gasteiger partial charge in [0, 0.05) is 14.1 Å². The smallest absolute Gasteiger partial charge is 0.239 e. The van der Waals surface area contributed by atoms with Crippen molar-refractivity contribution in [2.45, 2.75) is 38.8 Å². The number of aliphatic hydroxyl groups is 1. The average molecular weight is 228 g/mol. The largest absolute Gasteiger partial charge is 0.393 e. The lowest BCUT2D eigenvalue weighted by molar-refractivity contribution is -0.134. The number of carbonyl (C=O) groups is 1. The van der Waals surface area contributed by atoms with Gasteiger partial charge >= 0.3 is 0 Å². The minimum atomic E-state index is -0.220. The van der Waals surface area contributed by atoms with E-state index in [1.54, 1.807) is 19.0 Å². The second-order valence-electron chi connectivity index (χ2n) is 5.02. The first-order valence-corrected chi connectivity index (χ1v) is 6.06. The number of hydrogen-bond donors (Lipinski definition) is 1. The van der Waals surface area contributed by atoms with Crippen LogP contribution in [0, 0.1) is 5.92 Å². The maximum atomic E-state index is 11.8. The Labute approximate surface area is 98.2 Å². The van der Waals surface area contributed by atoms with Gasteiger partial charge < -0.3 is 10.0 Å². The predicted molar refractivity (Wildman–Crippen MR) is 64.1 cm³/mol. The minimum Gasteiger partial charge on any atom is -0.393 e. The molecule has 1 rings (SSSR count). The number of hydrogen-bond acceptors (Lipinski definition) is 3. The summed E-state index contributed by atoms with van der Waals surface area (Å²) in [5.41, 5.74) is 0. The van der Waals surface area contributed by atoms with Gasteiger partial charge in [0.2, 0.25) is 5.91 Å². The van der Waals surface area contributed by atoms with Gasteiger partial charge in [0.15, 0.2) is 0 Å². The molecule has 16 heavy (non-hydrogen) atoms. The molecule has 0 bridgehead atoms. The van der Waals surface area contributed by atoms with Gasteiger partial charge in [0.25, 0.3) is 0 Å². The van der Waals surface area contributed by atoms with E-state index >= 15 is 0 Å². The van der Waals surface area contributed by atoms with Gasteiger partial charge in [0.05, 0.1) is 12.1 Å². The Morgan fingerprint density at radius 1 is 1.31 bits per heavy atom. The van der Waals surface area contributed by atoms with Crippen molar-refractivity contribution < 1.29 is 9.90 Å². The number of likely N-dealkylation sites (tertiary alicyclic amines) is 1. The van der Waals surface area contributed by atoms with Crippen molar-refractivity contribution in [2.75, 3.05) is 27.2 Å². The molecule has 94 valence electrons. The van der Waals surface area contributed by atoms with Crippen LogP contribution in [-0.2, 0) is 4.79 Å². The van der Waals surface area contributed by atoms with Crippen LogP contribution < -0.4 is 0 Å².